The van der Waals surface area contributed by atoms with E-state index < -0.39 is 0 Å². The average Bonchev–Trinajstić information content (AvgIpc) is 2.97. The largest absolute Gasteiger partial charge is 0.397 e. The SMILES string of the molecule is CCNC(=O)c1sc(N(C)Cc2nccn2C)cc1N. The van der Waals surface area contributed by atoms with Gasteiger partial charge < -0.3 is 20.5 Å². The lowest BCUT2D eigenvalue weighted by Gasteiger charge is -2.16. The average molecular weight is 293 g/mol. The van der Waals surface area contributed by atoms with Crippen molar-refractivity contribution >= 4 is 27.9 Å². The minimum Gasteiger partial charge on any atom is -0.397 e. The van der Waals surface area contributed by atoms with E-state index in [0.29, 0.717) is 23.7 Å². The van der Waals surface area contributed by atoms with E-state index in [2.05, 4.69) is 10.3 Å². The van der Waals surface area contributed by atoms with Gasteiger partial charge >= 0.3 is 0 Å². The topological polar surface area (TPSA) is 76.2 Å². The van der Waals surface area contributed by atoms with E-state index in [1.165, 1.54) is 11.3 Å². The van der Waals surface area contributed by atoms with Crippen molar-refractivity contribution in [1.29, 1.82) is 0 Å². The molecule has 0 unspecified atom stereocenters. The highest BCUT2D eigenvalue weighted by Gasteiger charge is 2.16. The summed E-state index contributed by atoms with van der Waals surface area (Å²) in [5, 5.41) is 3.72. The van der Waals surface area contributed by atoms with Gasteiger partial charge in [0.1, 0.15) is 10.7 Å². The minimum atomic E-state index is -0.119. The van der Waals surface area contributed by atoms with E-state index in [1.54, 1.807) is 6.20 Å². The van der Waals surface area contributed by atoms with Crippen molar-refractivity contribution in [1.82, 2.24) is 14.9 Å². The molecule has 108 valence electrons. The maximum absolute atomic E-state index is 11.9. The van der Waals surface area contributed by atoms with Gasteiger partial charge in [0.15, 0.2) is 0 Å². The summed E-state index contributed by atoms with van der Waals surface area (Å²) in [6.45, 7) is 3.14. The molecule has 2 rings (SSSR count). The second-order valence-corrected chi connectivity index (χ2v) is 5.57. The smallest absolute Gasteiger partial charge is 0.263 e. The molecule has 1 amide bonds. The van der Waals surface area contributed by atoms with Gasteiger partial charge in [-0.15, -0.1) is 11.3 Å². The van der Waals surface area contributed by atoms with Gasteiger partial charge in [-0.3, -0.25) is 4.79 Å². The third-order valence-electron chi connectivity index (χ3n) is 2.97. The second kappa shape index (κ2) is 5.96. The Morgan fingerprint density at radius 2 is 2.35 bits per heavy atom. The van der Waals surface area contributed by atoms with Gasteiger partial charge in [-0.05, 0) is 13.0 Å². The third kappa shape index (κ3) is 2.93. The van der Waals surface area contributed by atoms with Crippen LogP contribution in [0, 0.1) is 0 Å². The molecule has 0 saturated heterocycles. The molecule has 0 spiro atoms. The molecule has 0 aliphatic carbocycles. The van der Waals surface area contributed by atoms with E-state index in [0.717, 1.165) is 10.8 Å². The maximum Gasteiger partial charge on any atom is 0.263 e. The predicted octanol–water partition coefficient (Wildman–Crippen LogP) is 1.45. The van der Waals surface area contributed by atoms with Gasteiger partial charge in [-0.25, -0.2) is 4.98 Å². The number of nitrogens with two attached hydrogens (primary N) is 1. The number of nitrogens with zero attached hydrogens (tertiary/aromatic N) is 3. The van der Waals surface area contributed by atoms with E-state index in [1.807, 2.05) is 42.7 Å². The van der Waals surface area contributed by atoms with Gasteiger partial charge in [0.05, 0.1) is 17.2 Å². The summed E-state index contributed by atoms with van der Waals surface area (Å²) in [7, 11) is 3.92. The number of hydrogen-bond acceptors (Lipinski definition) is 5. The Hall–Kier alpha value is -2.02. The number of carbonyl (C=O) groups is 1. The van der Waals surface area contributed by atoms with Crippen LogP contribution >= 0.6 is 11.3 Å². The highest BCUT2D eigenvalue weighted by atomic mass is 32.1. The summed E-state index contributed by atoms with van der Waals surface area (Å²) in [6, 6.07) is 1.83. The zero-order chi connectivity index (χ0) is 14.7. The van der Waals surface area contributed by atoms with Gasteiger partial charge in [-0.2, -0.15) is 0 Å². The maximum atomic E-state index is 11.9. The van der Waals surface area contributed by atoms with Crippen molar-refractivity contribution in [2.75, 3.05) is 24.2 Å². The highest BCUT2D eigenvalue weighted by molar-refractivity contribution is 7.18. The molecule has 0 radical (unpaired) electrons. The molecule has 2 aromatic rings. The molecule has 0 aliphatic rings. The van der Waals surface area contributed by atoms with Crippen LogP contribution in [0.25, 0.3) is 0 Å². The Balaban J connectivity index is 2.15. The Labute approximate surface area is 122 Å². The molecule has 0 saturated carbocycles. The number of rotatable bonds is 5. The minimum absolute atomic E-state index is 0.119. The molecule has 20 heavy (non-hydrogen) atoms. The summed E-state index contributed by atoms with van der Waals surface area (Å²) in [4.78, 5) is 18.7. The predicted molar refractivity (Wildman–Crippen MR) is 82.1 cm³/mol. The molecule has 2 heterocycles. The first kappa shape index (κ1) is 14.4. The molecular weight excluding hydrogens is 274 g/mol. The van der Waals surface area contributed by atoms with Crippen LogP contribution in [0.2, 0.25) is 0 Å². The number of imidazole rings is 1. The molecule has 2 aromatic heterocycles. The Morgan fingerprint density at radius 1 is 1.60 bits per heavy atom. The van der Waals surface area contributed by atoms with Crippen molar-refractivity contribution in [3.8, 4) is 0 Å². The molecule has 3 N–H and O–H groups in total. The molecule has 7 heteroatoms. The fraction of sp³-hybridized carbons (Fsp3) is 0.385. The van der Waals surface area contributed by atoms with E-state index in [4.69, 9.17) is 5.73 Å². The number of amides is 1. The molecule has 0 aliphatic heterocycles. The van der Waals surface area contributed by atoms with Gasteiger partial charge in [0, 0.05) is 33.0 Å². The van der Waals surface area contributed by atoms with Crippen LogP contribution in [0.5, 0.6) is 0 Å². The van der Waals surface area contributed by atoms with Crippen LogP contribution < -0.4 is 16.0 Å². The third-order valence-corrected chi connectivity index (χ3v) is 4.23. The fourth-order valence-corrected chi connectivity index (χ4v) is 2.79. The van der Waals surface area contributed by atoms with Gasteiger partial charge in [0.25, 0.3) is 5.91 Å². The van der Waals surface area contributed by atoms with Crippen molar-refractivity contribution in [3.05, 3.63) is 29.2 Å². The Morgan fingerprint density at radius 3 is 2.95 bits per heavy atom. The van der Waals surface area contributed by atoms with Crippen molar-refractivity contribution in [2.45, 2.75) is 13.5 Å². The number of carbonyl (C=O) groups excluding carboxylic acids is 1. The van der Waals surface area contributed by atoms with Crippen LogP contribution in [-0.2, 0) is 13.6 Å². The van der Waals surface area contributed by atoms with Crippen molar-refractivity contribution < 1.29 is 4.79 Å². The number of thiophene rings is 1. The van der Waals surface area contributed by atoms with Crippen LogP contribution in [0.1, 0.15) is 22.4 Å². The Bertz CT molecular complexity index is 604. The standard InChI is InChI=1S/C13H19N5OS/c1-4-15-13(19)12-9(14)7-11(20-12)18(3)8-10-16-5-6-17(10)2/h5-7H,4,8,14H2,1-3H3,(H,15,19). The summed E-state index contributed by atoms with van der Waals surface area (Å²) in [5.74, 6) is 0.839. The number of aryl methyl sites for hydroxylation is 1. The van der Waals surface area contributed by atoms with Crippen LogP contribution in [0.3, 0.4) is 0 Å². The lowest BCUT2D eigenvalue weighted by molar-refractivity contribution is 0.0960. The van der Waals surface area contributed by atoms with Crippen LogP contribution in [0.4, 0.5) is 10.7 Å². The van der Waals surface area contributed by atoms with Crippen LogP contribution in [0.15, 0.2) is 18.5 Å². The quantitative estimate of drug-likeness (QED) is 0.875. The first-order valence-corrected chi connectivity index (χ1v) is 7.19. The second-order valence-electron chi connectivity index (χ2n) is 4.54. The normalized spacial score (nSPS) is 10.6. The summed E-state index contributed by atoms with van der Waals surface area (Å²) < 4.78 is 1.97. The highest BCUT2D eigenvalue weighted by Crippen LogP contribution is 2.32. The lowest BCUT2D eigenvalue weighted by atomic mass is 10.3. The fourth-order valence-electron chi connectivity index (χ4n) is 1.84. The lowest BCUT2D eigenvalue weighted by Crippen LogP contribution is -2.22. The first-order valence-electron chi connectivity index (χ1n) is 6.37. The number of anilines is 2. The molecule has 0 atom stereocenters. The molecule has 0 aromatic carbocycles. The van der Waals surface area contributed by atoms with Crippen molar-refractivity contribution in [3.63, 3.8) is 0 Å². The van der Waals surface area contributed by atoms with Crippen LogP contribution in [-0.4, -0.2) is 29.1 Å². The number of nitrogen functional groups attached to an aromatic ring is 1. The van der Waals surface area contributed by atoms with E-state index >= 15 is 0 Å². The molecule has 0 bridgehead atoms. The monoisotopic (exact) mass is 293 g/mol. The van der Waals surface area contributed by atoms with E-state index in [9.17, 15) is 4.79 Å². The number of aromatic nitrogens is 2. The van der Waals surface area contributed by atoms with Gasteiger partial charge in [-0.1, -0.05) is 0 Å². The molecule has 0 fully saturated rings. The summed E-state index contributed by atoms with van der Waals surface area (Å²) in [5.41, 5.74) is 6.43. The Kier molecular flexibility index (Phi) is 4.29. The van der Waals surface area contributed by atoms with E-state index in [-0.39, 0.29) is 5.91 Å². The molecular formula is C13H19N5OS. The van der Waals surface area contributed by atoms with Gasteiger partial charge in [0.2, 0.25) is 0 Å². The molecule has 6 nitrogen and oxygen atoms in total. The zero-order valence-electron chi connectivity index (χ0n) is 11.9. The first-order chi connectivity index (χ1) is 9.52. The number of hydrogen-bond donors (Lipinski definition) is 2. The zero-order valence-corrected chi connectivity index (χ0v) is 12.7. The summed E-state index contributed by atoms with van der Waals surface area (Å²) >= 11 is 1.40. The van der Waals surface area contributed by atoms with Crippen molar-refractivity contribution in [2.24, 2.45) is 7.05 Å². The summed E-state index contributed by atoms with van der Waals surface area (Å²) in [6.07, 6.45) is 3.68. The number of nitrogens with one attached hydrogen (secondary N) is 1.